The Labute approximate surface area is 128 Å². The second-order valence-corrected chi connectivity index (χ2v) is 5.74. The van der Waals surface area contributed by atoms with Crippen molar-refractivity contribution in [3.05, 3.63) is 56.7 Å². The van der Waals surface area contributed by atoms with Crippen LogP contribution < -0.4 is 10.1 Å². The van der Waals surface area contributed by atoms with Crippen molar-refractivity contribution >= 4 is 31.9 Å². The zero-order valence-electron chi connectivity index (χ0n) is 10.2. The normalized spacial score (nSPS) is 10.5. The second-order valence-electron chi connectivity index (χ2n) is 3.97. The number of halogens is 3. The van der Waals surface area contributed by atoms with Gasteiger partial charge in [-0.1, -0.05) is 22.0 Å². The predicted molar refractivity (Wildman–Crippen MR) is 81.1 cm³/mol. The Morgan fingerprint density at radius 3 is 2.47 bits per heavy atom. The third kappa shape index (κ3) is 3.78. The summed E-state index contributed by atoms with van der Waals surface area (Å²) < 4.78 is 20.7. The highest BCUT2D eigenvalue weighted by Crippen LogP contribution is 2.32. The molecule has 2 aromatic carbocycles. The average molecular weight is 389 g/mol. The number of hydrogen-bond donors (Lipinski definition) is 1. The lowest BCUT2D eigenvalue weighted by Gasteiger charge is -2.10. The molecular weight excluding hydrogens is 377 g/mol. The lowest BCUT2D eigenvalue weighted by atomic mass is 10.2. The molecule has 5 heteroatoms. The monoisotopic (exact) mass is 387 g/mol. The first kappa shape index (κ1) is 14.5. The number of rotatable bonds is 4. The molecule has 19 heavy (non-hydrogen) atoms. The largest absolute Gasteiger partial charge is 0.453 e. The van der Waals surface area contributed by atoms with E-state index in [0.29, 0.717) is 10.2 Å². The Balaban J connectivity index is 2.23. The molecule has 1 N–H and O–H groups in total. The summed E-state index contributed by atoms with van der Waals surface area (Å²) in [5.41, 5.74) is 1.12. The second kappa shape index (κ2) is 6.50. The molecule has 2 aromatic rings. The van der Waals surface area contributed by atoms with Gasteiger partial charge in [0.05, 0.1) is 4.47 Å². The molecule has 0 atom stereocenters. The Morgan fingerprint density at radius 2 is 1.84 bits per heavy atom. The minimum Gasteiger partial charge on any atom is -0.453 e. The summed E-state index contributed by atoms with van der Waals surface area (Å²) in [6, 6.07) is 10.4. The van der Waals surface area contributed by atoms with Gasteiger partial charge in [0.15, 0.2) is 11.6 Å². The van der Waals surface area contributed by atoms with E-state index in [1.807, 2.05) is 25.2 Å². The average Bonchev–Trinajstić information content (AvgIpc) is 2.36. The van der Waals surface area contributed by atoms with Gasteiger partial charge in [0, 0.05) is 11.0 Å². The molecule has 0 radical (unpaired) electrons. The molecule has 0 aromatic heterocycles. The van der Waals surface area contributed by atoms with Crippen molar-refractivity contribution in [2.45, 2.75) is 6.54 Å². The van der Waals surface area contributed by atoms with Crippen LogP contribution in [0.25, 0.3) is 0 Å². The summed E-state index contributed by atoms with van der Waals surface area (Å²) in [4.78, 5) is 0. The van der Waals surface area contributed by atoms with E-state index < -0.39 is 5.82 Å². The molecule has 100 valence electrons. The van der Waals surface area contributed by atoms with Gasteiger partial charge in [-0.25, -0.2) is 4.39 Å². The smallest absolute Gasteiger partial charge is 0.166 e. The minimum absolute atomic E-state index is 0.199. The highest BCUT2D eigenvalue weighted by atomic mass is 79.9. The predicted octanol–water partition coefficient (Wildman–Crippen LogP) is 4.86. The molecule has 0 amide bonds. The van der Waals surface area contributed by atoms with Crippen molar-refractivity contribution in [1.29, 1.82) is 0 Å². The molecule has 0 aliphatic carbocycles. The van der Waals surface area contributed by atoms with Crippen LogP contribution >= 0.6 is 31.9 Å². The molecule has 2 rings (SSSR count). The zero-order valence-corrected chi connectivity index (χ0v) is 13.4. The van der Waals surface area contributed by atoms with Crippen molar-refractivity contribution in [3.8, 4) is 11.5 Å². The van der Waals surface area contributed by atoms with E-state index in [-0.39, 0.29) is 5.75 Å². The van der Waals surface area contributed by atoms with Gasteiger partial charge in [-0.2, -0.15) is 0 Å². The van der Waals surface area contributed by atoms with Crippen LogP contribution in [0, 0.1) is 5.82 Å². The van der Waals surface area contributed by atoms with Crippen LogP contribution in [0.1, 0.15) is 5.56 Å². The van der Waals surface area contributed by atoms with Gasteiger partial charge in [0.25, 0.3) is 0 Å². The van der Waals surface area contributed by atoms with E-state index in [0.717, 1.165) is 16.6 Å². The Hall–Kier alpha value is -0.910. The molecule has 0 fully saturated rings. The molecule has 0 bridgehead atoms. The number of ether oxygens (including phenoxy) is 1. The molecule has 0 saturated heterocycles. The first-order chi connectivity index (χ1) is 9.10. The highest BCUT2D eigenvalue weighted by Gasteiger charge is 2.08. The summed E-state index contributed by atoms with van der Waals surface area (Å²) in [6.07, 6.45) is 0. The van der Waals surface area contributed by atoms with Crippen molar-refractivity contribution in [3.63, 3.8) is 0 Å². The van der Waals surface area contributed by atoms with E-state index >= 15 is 0 Å². The van der Waals surface area contributed by atoms with Crippen LogP contribution in [0.3, 0.4) is 0 Å². The van der Waals surface area contributed by atoms with Gasteiger partial charge < -0.3 is 10.1 Å². The van der Waals surface area contributed by atoms with Crippen LogP contribution in [-0.4, -0.2) is 7.05 Å². The fraction of sp³-hybridized carbons (Fsp3) is 0.143. The third-order valence-electron chi connectivity index (χ3n) is 2.49. The maximum Gasteiger partial charge on any atom is 0.166 e. The maximum atomic E-state index is 13.7. The molecule has 0 unspecified atom stereocenters. The standard InChI is InChI=1S/C14H12Br2FNO/c1-18-8-9-2-4-13(11(16)6-9)19-14-5-3-10(15)7-12(14)17/h2-7,18H,8H2,1H3. The zero-order chi connectivity index (χ0) is 13.8. The van der Waals surface area contributed by atoms with Gasteiger partial charge in [-0.3, -0.25) is 0 Å². The van der Waals surface area contributed by atoms with E-state index in [2.05, 4.69) is 37.2 Å². The van der Waals surface area contributed by atoms with Crippen molar-refractivity contribution in [2.75, 3.05) is 7.05 Å². The van der Waals surface area contributed by atoms with Gasteiger partial charge in [0.1, 0.15) is 5.75 Å². The summed E-state index contributed by atoms with van der Waals surface area (Å²) >= 11 is 6.64. The molecular formula is C14H12Br2FNO. The first-order valence-electron chi connectivity index (χ1n) is 5.66. The fourth-order valence-corrected chi connectivity index (χ4v) is 2.46. The Bertz CT molecular complexity index is 590. The van der Waals surface area contributed by atoms with Gasteiger partial charge in [0.2, 0.25) is 0 Å². The lowest BCUT2D eigenvalue weighted by Crippen LogP contribution is -2.04. The SMILES string of the molecule is CNCc1ccc(Oc2ccc(Br)cc2F)c(Br)c1. The van der Waals surface area contributed by atoms with Gasteiger partial charge >= 0.3 is 0 Å². The molecule has 0 saturated carbocycles. The number of nitrogens with one attached hydrogen (secondary N) is 1. The maximum absolute atomic E-state index is 13.7. The van der Waals surface area contributed by atoms with Crippen LogP contribution in [0.4, 0.5) is 4.39 Å². The van der Waals surface area contributed by atoms with E-state index in [9.17, 15) is 4.39 Å². The molecule has 0 aliphatic heterocycles. The van der Waals surface area contributed by atoms with Gasteiger partial charge in [-0.05, 0) is 58.9 Å². The van der Waals surface area contributed by atoms with Crippen LogP contribution in [0.5, 0.6) is 11.5 Å². The summed E-state index contributed by atoms with van der Waals surface area (Å²) in [7, 11) is 1.88. The fourth-order valence-electron chi connectivity index (χ4n) is 1.62. The van der Waals surface area contributed by atoms with Crippen LogP contribution in [0.15, 0.2) is 45.3 Å². The third-order valence-corrected chi connectivity index (χ3v) is 3.60. The molecule has 2 nitrogen and oxygen atoms in total. The molecule has 0 aliphatic rings. The van der Waals surface area contributed by atoms with Crippen molar-refractivity contribution < 1.29 is 9.13 Å². The summed E-state index contributed by atoms with van der Waals surface area (Å²) in [6.45, 7) is 0.769. The summed E-state index contributed by atoms with van der Waals surface area (Å²) in [5.74, 6) is 0.381. The Morgan fingerprint density at radius 1 is 1.11 bits per heavy atom. The first-order valence-corrected chi connectivity index (χ1v) is 7.24. The number of hydrogen-bond acceptors (Lipinski definition) is 2. The van der Waals surface area contributed by atoms with Crippen LogP contribution in [0.2, 0.25) is 0 Å². The van der Waals surface area contributed by atoms with Crippen molar-refractivity contribution in [2.24, 2.45) is 0 Å². The van der Waals surface area contributed by atoms with E-state index in [1.165, 1.54) is 6.07 Å². The van der Waals surface area contributed by atoms with Gasteiger partial charge in [-0.15, -0.1) is 0 Å². The quantitative estimate of drug-likeness (QED) is 0.807. The topological polar surface area (TPSA) is 21.3 Å². The number of benzene rings is 2. The Kier molecular flexibility index (Phi) is 4.96. The highest BCUT2D eigenvalue weighted by molar-refractivity contribution is 9.10. The minimum atomic E-state index is -0.402. The van der Waals surface area contributed by atoms with Crippen LogP contribution in [-0.2, 0) is 6.54 Å². The summed E-state index contributed by atoms with van der Waals surface area (Å²) in [5, 5.41) is 3.07. The lowest BCUT2D eigenvalue weighted by molar-refractivity contribution is 0.439. The molecule has 0 heterocycles. The molecule has 0 spiro atoms. The van der Waals surface area contributed by atoms with E-state index in [4.69, 9.17) is 4.74 Å². The van der Waals surface area contributed by atoms with E-state index in [1.54, 1.807) is 12.1 Å². The van der Waals surface area contributed by atoms with Crippen molar-refractivity contribution in [1.82, 2.24) is 5.32 Å².